The van der Waals surface area contributed by atoms with Crippen molar-refractivity contribution in [3.05, 3.63) is 59.5 Å². The zero-order chi connectivity index (χ0) is 22.9. The molecule has 2 heterocycles. The van der Waals surface area contributed by atoms with Gasteiger partial charge in [-0.2, -0.15) is 13.2 Å². The number of fused-ring (bicyclic) bond motifs is 1. The van der Waals surface area contributed by atoms with Gasteiger partial charge in [0.25, 0.3) is 5.91 Å². The summed E-state index contributed by atoms with van der Waals surface area (Å²) in [6.07, 6.45) is -1.53. The maximum atomic E-state index is 12.8. The Morgan fingerprint density at radius 1 is 1.00 bits per heavy atom. The molecule has 6 nitrogen and oxygen atoms in total. The van der Waals surface area contributed by atoms with Crippen molar-refractivity contribution in [1.82, 2.24) is 14.9 Å². The molecular formula is C23H22F3N3O3. The van der Waals surface area contributed by atoms with Crippen LogP contribution in [0.3, 0.4) is 0 Å². The van der Waals surface area contributed by atoms with Crippen LogP contribution in [0, 0.1) is 0 Å². The number of methoxy groups -OCH3 is 2. The van der Waals surface area contributed by atoms with Crippen molar-refractivity contribution in [2.24, 2.45) is 0 Å². The van der Waals surface area contributed by atoms with Crippen LogP contribution >= 0.6 is 0 Å². The Balaban J connectivity index is 1.50. The quantitative estimate of drug-likeness (QED) is 0.583. The number of benzene rings is 2. The molecule has 1 aromatic heterocycles. The van der Waals surface area contributed by atoms with Gasteiger partial charge in [-0.25, -0.2) is 9.97 Å². The van der Waals surface area contributed by atoms with Gasteiger partial charge in [0.15, 0.2) is 11.5 Å². The third-order valence-corrected chi connectivity index (χ3v) is 5.80. The Bertz CT molecular complexity index is 1130. The minimum Gasteiger partial charge on any atom is -0.493 e. The second-order valence-electron chi connectivity index (χ2n) is 7.62. The number of nitrogens with zero attached hydrogens (tertiary/aromatic N) is 3. The third-order valence-electron chi connectivity index (χ3n) is 5.80. The summed E-state index contributed by atoms with van der Waals surface area (Å²) >= 11 is 0. The van der Waals surface area contributed by atoms with Crippen molar-refractivity contribution >= 4 is 16.8 Å². The minimum atomic E-state index is -4.42. The number of rotatable bonds is 4. The molecule has 1 aliphatic heterocycles. The third kappa shape index (κ3) is 4.19. The number of likely N-dealkylation sites (tertiary alicyclic amines) is 1. The molecule has 2 aromatic carbocycles. The molecule has 1 fully saturated rings. The molecule has 9 heteroatoms. The maximum absolute atomic E-state index is 12.8. The first-order chi connectivity index (χ1) is 15.3. The van der Waals surface area contributed by atoms with E-state index >= 15 is 0 Å². The second kappa shape index (κ2) is 8.64. The molecule has 4 rings (SSSR count). The first kappa shape index (κ1) is 21.9. The van der Waals surface area contributed by atoms with E-state index in [0.29, 0.717) is 37.4 Å². The molecule has 1 aliphatic rings. The highest BCUT2D eigenvalue weighted by molar-refractivity contribution is 5.94. The van der Waals surface area contributed by atoms with Crippen molar-refractivity contribution in [2.75, 3.05) is 27.3 Å². The monoisotopic (exact) mass is 445 g/mol. The summed E-state index contributed by atoms with van der Waals surface area (Å²) in [5.41, 5.74) is 1.12. The van der Waals surface area contributed by atoms with E-state index in [1.54, 1.807) is 19.1 Å². The fourth-order valence-electron chi connectivity index (χ4n) is 4.07. The van der Waals surface area contributed by atoms with Crippen LogP contribution in [0.15, 0.2) is 42.7 Å². The number of carbonyl (C=O) groups excluding carboxylic acids is 1. The second-order valence-corrected chi connectivity index (χ2v) is 7.62. The molecule has 0 atom stereocenters. The fraction of sp³-hybridized carbons (Fsp3) is 0.348. The smallest absolute Gasteiger partial charge is 0.416 e. The predicted molar refractivity (Wildman–Crippen MR) is 112 cm³/mol. The Morgan fingerprint density at radius 2 is 1.62 bits per heavy atom. The number of ether oxygens (including phenoxy) is 2. The Morgan fingerprint density at radius 3 is 2.22 bits per heavy atom. The van der Waals surface area contributed by atoms with Crippen LogP contribution in [-0.4, -0.2) is 48.1 Å². The van der Waals surface area contributed by atoms with E-state index in [1.165, 1.54) is 18.5 Å². The summed E-state index contributed by atoms with van der Waals surface area (Å²) in [5.74, 6) is 1.03. The van der Waals surface area contributed by atoms with Crippen molar-refractivity contribution in [2.45, 2.75) is 24.9 Å². The van der Waals surface area contributed by atoms with Crippen LogP contribution in [0.5, 0.6) is 11.5 Å². The van der Waals surface area contributed by atoms with Crippen LogP contribution in [0.1, 0.15) is 40.4 Å². The highest BCUT2D eigenvalue weighted by Gasteiger charge is 2.31. The normalized spacial score (nSPS) is 15.1. The Kier molecular flexibility index (Phi) is 5.90. The summed E-state index contributed by atoms with van der Waals surface area (Å²) in [6, 6.07) is 8.01. The number of aromatic nitrogens is 2. The molecule has 1 amide bonds. The van der Waals surface area contributed by atoms with E-state index in [2.05, 4.69) is 9.97 Å². The van der Waals surface area contributed by atoms with Gasteiger partial charge in [-0.3, -0.25) is 4.79 Å². The van der Waals surface area contributed by atoms with E-state index in [0.717, 1.165) is 28.7 Å². The van der Waals surface area contributed by atoms with Crippen LogP contribution < -0.4 is 9.47 Å². The zero-order valence-corrected chi connectivity index (χ0v) is 17.6. The molecule has 0 unspecified atom stereocenters. The van der Waals surface area contributed by atoms with E-state index in [9.17, 15) is 18.0 Å². The van der Waals surface area contributed by atoms with Gasteiger partial charge in [0.05, 0.1) is 31.0 Å². The topological polar surface area (TPSA) is 64.6 Å². The fourth-order valence-corrected chi connectivity index (χ4v) is 4.07. The van der Waals surface area contributed by atoms with Gasteiger partial charge >= 0.3 is 6.18 Å². The highest BCUT2D eigenvalue weighted by Crippen LogP contribution is 2.37. The summed E-state index contributed by atoms with van der Waals surface area (Å²) in [7, 11) is 3.13. The molecule has 0 radical (unpaired) electrons. The average molecular weight is 445 g/mol. The van der Waals surface area contributed by atoms with Crippen LogP contribution in [0.4, 0.5) is 13.2 Å². The first-order valence-corrected chi connectivity index (χ1v) is 10.1. The number of amides is 1. The van der Waals surface area contributed by atoms with Gasteiger partial charge in [0.1, 0.15) is 6.33 Å². The molecule has 3 aromatic rings. The highest BCUT2D eigenvalue weighted by atomic mass is 19.4. The predicted octanol–water partition coefficient (Wildman–Crippen LogP) is 4.69. The summed E-state index contributed by atoms with van der Waals surface area (Å²) in [5, 5.41) is 0.873. The molecule has 168 valence electrons. The maximum Gasteiger partial charge on any atom is 0.416 e. The Hall–Kier alpha value is -3.36. The summed E-state index contributed by atoms with van der Waals surface area (Å²) < 4.78 is 49.0. The number of carbonyl (C=O) groups is 1. The number of piperidine rings is 1. The van der Waals surface area contributed by atoms with E-state index in [-0.39, 0.29) is 17.4 Å². The number of hydrogen-bond donors (Lipinski definition) is 0. The van der Waals surface area contributed by atoms with Gasteiger partial charge in [0, 0.05) is 36.0 Å². The van der Waals surface area contributed by atoms with E-state index in [1.807, 2.05) is 12.1 Å². The van der Waals surface area contributed by atoms with Crippen LogP contribution in [-0.2, 0) is 6.18 Å². The van der Waals surface area contributed by atoms with Crippen molar-refractivity contribution in [3.63, 3.8) is 0 Å². The SMILES string of the molecule is COc1cc2ncnc(C3CCN(C(=O)c4ccc(C(F)(F)F)cc4)CC3)c2cc1OC. The van der Waals surface area contributed by atoms with Crippen LogP contribution in [0.2, 0.25) is 0 Å². The zero-order valence-electron chi connectivity index (χ0n) is 17.6. The van der Waals surface area contributed by atoms with Gasteiger partial charge < -0.3 is 14.4 Å². The van der Waals surface area contributed by atoms with Gasteiger partial charge in [-0.15, -0.1) is 0 Å². The molecule has 32 heavy (non-hydrogen) atoms. The number of hydrogen-bond acceptors (Lipinski definition) is 5. The molecule has 1 saturated heterocycles. The number of halogens is 3. The van der Waals surface area contributed by atoms with Crippen LogP contribution in [0.25, 0.3) is 10.9 Å². The largest absolute Gasteiger partial charge is 0.493 e. The first-order valence-electron chi connectivity index (χ1n) is 10.1. The summed E-state index contributed by atoms with van der Waals surface area (Å²) in [6.45, 7) is 0.979. The lowest BCUT2D eigenvalue weighted by atomic mass is 9.90. The number of alkyl halides is 3. The van der Waals surface area contributed by atoms with E-state index in [4.69, 9.17) is 9.47 Å². The molecule has 0 saturated carbocycles. The lowest BCUT2D eigenvalue weighted by Gasteiger charge is -2.32. The van der Waals surface area contributed by atoms with Crippen molar-refractivity contribution in [1.29, 1.82) is 0 Å². The Labute approximate surface area is 183 Å². The molecule has 0 spiro atoms. The van der Waals surface area contributed by atoms with Crippen molar-refractivity contribution < 1.29 is 27.4 Å². The average Bonchev–Trinajstić information content (AvgIpc) is 2.82. The molecular weight excluding hydrogens is 423 g/mol. The van der Waals surface area contributed by atoms with Gasteiger partial charge in [0.2, 0.25) is 0 Å². The van der Waals surface area contributed by atoms with Gasteiger partial charge in [-0.05, 0) is 43.2 Å². The van der Waals surface area contributed by atoms with E-state index < -0.39 is 11.7 Å². The lowest BCUT2D eigenvalue weighted by Crippen LogP contribution is -2.38. The standard InChI is InChI=1S/C23H22F3N3O3/c1-31-19-11-17-18(12-20(19)32-2)27-13-28-21(17)14-7-9-29(10-8-14)22(30)15-3-5-16(6-4-15)23(24,25)26/h3-6,11-14H,7-10H2,1-2H3. The molecule has 0 aliphatic carbocycles. The molecule has 0 bridgehead atoms. The lowest BCUT2D eigenvalue weighted by molar-refractivity contribution is -0.137. The molecule has 0 N–H and O–H groups in total. The van der Waals surface area contributed by atoms with Crippen molar-refractivity contribution in [3.8, 4) is 11.5 Å². The minimum absolute atomic E-state index is 0.121. The van der Waals surface area contributed by atoms with Gasteiger partial charge in [-0.1, -0.05) is 0 Å². The summed E-state index contributed by atoms with van der Waals surface area (Å²) in [4.78, 5) is 23.3.